The van der Waals surface area contributed by atoms with Crippen molar-refractivity contribution in [2.45, 2.75) is 20.4 Å². The molecule has 0 aliphatic carbocycles. The summed E-state index contributed by atoms with van der Waals surface area (Å²) >= 11 is 0. The monoisotopic (exact) mass is 308 g/mol. The highest BCUT2D eigenvalue weighted by molar-refractivity contribution is 5.86. The quantitative estimate of drug-likeness (QED) is 0.620. The number of likely N-dealkylation sites (N-methyl/N-ethyl adjacent to an activating group) is 1. The molecule has 122 valence electrons. The molecule has 2 N–H and O–H groups in total. The molecule has 1 aromatic carbocycles. The molecule has 0 radical (unpaired) electrons. The largest absolute Gasteiger partial charge is 0.356 e. The van der Waals surface area contributed by atoms with Crippen LogP contribution < -0.4 is 10.6 Å². The van der Waals surface area contributed by atoms with Crippen LogP contribution in [0.15, 0.2) is 29.3 Å². The van der Waals surface area contributed by atoms with Gasteiger partial charge < -0.3 is 15.5 Å². The Kier molecular flexibility index (Phi) is 7.36. The average molecular weight is 308 g/mol. The molecule has 0 atom stereocenters. The fraction of sp³-hybridized carbons (Fsp3) is 0.500. The second-order valence-electron chi connectivity index (χ2n) is 5.71. The zero-order chi connectivity index (χ0) is 16.5. The molecule has 0 bridgehead atoms. The Hall–Kier alpha value is -2.11. The Morgan fingerprint density at radius 2 is 1.86 bits per heavy atom. The van der Waals surface area contributed by atoms with Gasteiger partial charge in [-0.1, -0.05) is 26.0 Å². The number of halogens is 1. The number of rotatable bonds is 6. The molecule has 0 saturated heterocycles. The summed E-state index contributed by atoms with van der Waals surface area (Å²) in [6, 6.07) is 6.22. The van der Waals surface area contributed by atoms with E-state index in [1.54, 1.807) is 26.2 Å². The van der Waals surface area contributed by atoms with E-state index in [-0.39, 0.29) is 18.3 Å². The van der Waals surface area contributed by atoms with Crippen LogP contribution in [0.3, 0.4) is 0 Å². The Morgan fingerprint density at radius 3 is 2.41 bits per heavy atom. The van der Waals surface area contributed by atoms with Gasteiger partial charge in [0, 0.05) is 20.6 Å². The molecule has 0 heterocycles. The standard InChI is InChI=1S/C16H25FN4O/c1-12(2)9-18-16(20-11-15(22)21(3)4)19-10-13-5-7-14(17)8-6-13/h5-8,12H,9-11H2,1-4H3,(H2,18,19,20). The van der Waals surface area contributed by atoms with E-state index in [0.29, 0.717) is 18.4 Å². The van der Waals surface area contributed by atoms with Crippen molar-refractivity contribution in [2.75, 3.05) is 27.2 Å². The SMILES string of the molecule is CC(C)CNC(=NCc1ccc(F)cc1)NCC(=O)N(C)C. The lowest BCUT2D eigenvalue weighted by Crippen LogP contribution is -2.44. The summed E-state index contributed by atoms with van der Waals surface area (Å²) in [5, 5.41) is 6.20. The van der Waals surface area contributed by atoms with Crippen molar-refractivity contribution in [2.24, 2.45) is 10.9 Å². The van der Waals surface area contributed by atoms with Gasteiger partial charge in [-0.2, -0.15) is 0 Å². The third kappa shape index (κ3) is 7.06. The predicted octanol–water partition coefficient (Wildman–Crippen LogP) is 1.61. The van der Waals surface area contributed by atoms with Gasteiger partial charge in [0.25, 0.3) is 0 Å². The molecule has 0 saturated carbocycles. The Labute approximate surface area is 131 Å². The lowest BCUT2D eigenvalue weighted by atomic mass is 10.2. The zero-order valence-electron chi connectivity index (χ0n) is 13.7. The van der Waals surface area contributed by atoms with E-state index in [1.165, 1.54) is 17.0 Å². The number of carbonyl (C=O) groups excluding carboxylic acids is 1. The smallest absolute Gasteiger partial charge is 0.241 e. The Morgan fingerprint density at radius 1 is 1.23 bits per heavy atom. The molecule has 1 aromatic rings. The van der Waals surface area contributed by atoms with Crippen LogP contribution in [0.5, 0.6) is 0 Å². The molecule has 0 unspecified atom stereocenters. The molecule has 0 aliphatic rings. The van der Waals surface area contributed by atoms with Crippen LogP contribution in [0.1, 0.15) is 19.4 Å². The zero-order valence-corrected chi connectivity index (χ0v) is 13.7. The summed E-state index contributed by atoms with van der Waals surface area (Å²) in [7, 11) is 3.42. The normalized spacial score (nSPS) is 11.5. The van der Waals surface area contributed by atoms with Crippen molar-refractivity contribution in [3.8, 4) is 0 Å². The number of aliphatic imine (C=N–C) groups is 1. The van der Waals surface area contributed by atoms with Crippen LogP contribution in [0.25, 0.3) is 0 Å². The third-order valence-electron chi connectivity index (χ3n) is 2.92. The van der Waals surface area contributed by atoms with Crippen molar-refractivity contribution in [1.82, 2.24) is 15.5 Å². The highest BCUT2D eigenvalue weighted by atomic mass is 19.1. The number of nitrogens with zero attached hydrogens (tertiary/aromatic N) is 2. The maximum Gasteiger partial charge on any atom is 0.241 e. The van der Waals surface area contributed by atoms with Crippen LogP contribution in [-0.2, 0) is 11.3 Å². The van der Waals surface area contributed by atoms with Gasteiger partial charge in [-0.15, -0.1) is 0 Å². The molecular weight excluding hydrogens is 283 g/mol. The van der Waals surface area contributed by atoms with Gasteiger partial charge in [0.2, 0.25) is 5.91 Å². The maximum atomic E-state index is 12.9. The Bertz CT molecular complexity index is 497. The molecule has 0 aliphatic heterocycles. The lowest BCUT2D eigenvalue weighted by molar-refractivity contribution is -0.127. The summed E-state index contributed by atoms with van der Waals surface area (Å²) in [5.41, 5.74) is 0.908. The summed E-state index contributed by atoms with van der Waals surface area (Å²) in [6.07, 6.45) is 0. The third-order valence-corrected chi connectivity index (χ3v) is 2.92. The van der Waals surface area contributed by atoms with Crippen LogP contribution in [0.2, 0.25) is 0 Å². The highest BCUT2D eigenvalue weighted by Crippen LogP contribution is 2.03. The van der Waals surface area contributed by atoms with Crippen LogP contribution in [0, 0.1) is 11.7 Å². The second-order valence-corrected chi connectivity index (χ2v) is 5.71. The molecule has 6 heteroatoms. The van der Waals surface area contributed by atoms with Gasteiger partial charge in [0.1, 0.15) is 5.82 Å². The summed E-state index contributed by atoms with van der Waals surface area (Å²) in [5.74, 6) is 0.747. The topological polar surface area (TPSA) is 56.7 Å². The molecule has 22 heavy (non-hydrogen) atoms. The van der Waals surface area contributed by atoms with Crippen molar-refractivity contribution in [1.29, 1.82) is 0 Å². The fourth-order valence-corrected chi connectivity index (χ4v) is 1.55. The number of amides is 1. The molecule has 1 rings (SSSR count). The Balaban J connectivity index is 2.64. The minimum atomic E-state index is -0.263. The number of carbonyl (C=O) groups is 1. The first-order chi connectivity index (χ1) is 10.4. The highest BCUT2D eigenvalue weighted by Gasteiger charge is 2.06. The van der Waals surface area contributed by atoms with Crippen molar-refractivity contribution < 1.29 is 9.18 Å². The van der Waals surface area contributed by atoms with Gasteiger partial charge in [0.15, 0.2) is 5.96 Å². The maximum absolute atomic E-state index is 12.9. The first-order valence-corrected chi connectivity index (χ1v) is 7.35. The van der Waals surface area contributed by atoms with Crippen molar-refractivity contribution in [3.05, 3.63) is 35.6 Å². The van der Waals surface area contributed by atoms with Crippen LogP contribution >= 0.6 is 0 Å². The van der Waals surface area contributed by atoms with Crippen molar-refractivity contribution in [3.63, 3.8) is 0 Å². The molecule has 5 nitrogen and oxygen atoms in total. The van der Waals surface area contributed by atoms with E-state index in [1.807, 2.05) is 0 Å². The molecule has 0 spiro atoms. The van der Waals surface area contributed by atoms with Gasteiger partial charge in [-0.05, 0) is 23.6 Å². The lowest BCUT2D eigenvalue weighted by Gasteiger charge is -2.16. The van der Waals surface area contributed by atoms with Gasteiger partial charge >= 0.3 is 0 Å². The van der Waals surface area contributed by atoms with E-state index < -0.39 is 0 Å². The van der Waals surface area contributed by atoms with E-state index in [9.17, 15) is 9.18 Å². The van der Waals surface area contributed by atoms with E-state index in [4.69, 9.17) is 0 Å². The van der Waals surface area contributed by atoms with Gasteiger partial charge in [-0.3, -0.25) is 4.79 Å². The summed E-state index contributed by atoms with van der Waals surface area (Å²) < 4.78 is 12.9. The van der Waals surface area contributed by atoms with Gasteiger partial charge in [0.05, 0.1) is 13.1 Å². The number of hydrogen-bond acceptors (Lipinski definition) is 2. The first kappa shape index (κ1) is 17.9. The number of guanidine groups is 1. The van der Waals surface area contributed by atoms with Crippen molar-refractivity contribution >= 4 is 11.9 Å². The van der Waals surface area contributed by atoms with Crippen LogP contribution in [0.4, 0.5) is 4.39 Å². The summed E-state index contributed by atoms with van der Waals surface area (Å²) in [6.45, 7) is 5.54. The molecule has 1 amide bonds. The number of nitrogens with one attached hydrogen (secondary N) is 2. The van der Waals surface area contributed by atoms with E-state index >= 15 is 0 Å². The fourth-order valence-electron chi connectivity index (χ4n) is 1.55. The van der Waals surface area contributed by atoms with E-state index in [2.05, 4.69) is 29.5 Å². The number of hydrogen-bond donors (Lipinski definition) is 2. The molecule has 0 aromatic heterocycles. The predicted molar refractivity (Wildman–Crippen MR) is 87.1 cm³/mol. The minimum absolute atomic E-state index is 0.0270. The molecular formula is C16H25FN4O. The van der Waals surface area contributed by atoms with Crippen LogP contribution in [-0.4, -0.2) is 44.0 Å². The number of benzene rings is 1. The summed E-state index contributed by atoms with van der Waals surface area (Å²) in [4.78, 5) is 17.6. The van der Waals surface area contributed by atoms with E-state index in [0.717, 1.165) is 12.1 Å². The average Bonchev–Trinajstić information content (AvgIpc) is 2.47. The minimum Gasteiger partial charge on any atom is -0.356 e. The van der Waals surface area contributed by atoms with Gasteiger partial charge in [-0.25, -0.2) is 9.38 Å². The first-order valence-electron chi connectivity index (χ1n) is 7.35. The second kappa shape index (κ2) is 9.02. The molecule has 0 fully saturated rings.